The summed E-state index contributed by atoms with van der Waals surface area (Å²) in [4.78, 5) is 11.6. The summed E-state index contributed by atoms with van der Waals surface area (Å²) in [5, 5.41) is 16.0. The first-order valence-electron chi connectivity index (χ1n) is 8.36. The van der Waals surface area contributed by atoms with Gasteiger partial charge < -0.3 is 14.8 Å². The minimum Gasteiger partial charge on any atom is -0.496 e. The zero-order valence-corrected chi connectivity index (χ0v) is 15.6. The average molecular weight is 356 g/mol. The molecule has 0 aliphatic rings. The normalized spacial score (nSPS) is 10.9. The lowest BCUT2D eigenvalue weighted by Crippen LogP contribution is -2.34. The van der Waals surface area contributed by atoms with Crippen LogP contribution in [0.4, 0.5) is 4.79 Å². The summed E-state index contributed by atoms with van der Waals surface area (Å²) in [6.07, 6.45) is 3.49. The Labute approximate surface area is 153 Å². The minimum absolute atomic E-state index is 0.283. The number of carbonyl (C=O) groups excluding carboxylic acids is 1. The van der Waals surface area contributed by atoms with Crippen molar-refractivity contribution in [3.05, 3.63) is 36.2 Å². The molecule has 0 bridgehead atoms. The van der Waals surface area contributed by atoms with Gasteiger partial charge in [-0.25, -0.2) is 4.79 Å². The molecule has 0 saturated carbocycles. The molecule has 26 heavy (non-hydrogen) atoms. The lowest BCUT2D eigenvalue weighted by Gasteiger charge is -2.19. The van der Waals surface area contributed by atoms with Gasteiger partial charge >= 0.3 is 6.09 Å². The van der Waals surface area contributed by atoms with Gasteiger partial charge in [0.1, 0.15) is 11.4 Å². The smallest absolute Gasteiger partial charge is 0.407 e. The maximum atomic E-state index is 11.6. The van der Waals surface area contributed by atoms with Crippen molar-refractivity contribution < 1.29 is 14.3 Å². The summed E-state index contributed by atoms with van der Waals surface area (Å²) in [5.41, 5.74) is 2.22. The van der Waals surface area contributed by atoms with E-state index >= 15 is 0 Å². The van der Waals surface area contributed by atoms with Crippen LogP contribution < -0.4 is 10.1 Å². The number of hydrogen-bond donors (Lipinski definition) is 1. The third-order valence-electron chi connectivity index (χ3n) is 3.53. The topological polar surface area (TPSA) is 89.2 Å². The zero-order chi connectivity index (χ0) is 19.2. The Balaban J connectivity index is 1.98. The van der Waals surface area contributed by atoms with Gasteiger partial charge in [-0.3, -0.25) is 4.68 Å². The molecule has 2 aromatic rings. The molecule has 0 aliphatic carbocycles. The molecule has 0 fully saturated rings. The van der Waals surface area contributed by atoms with Gasteiger partial charge in [-0.2, -0.15) is 10.4 Å². The van der Waals surface area contributed by atoms with Gasteiger partial charge in [-0.1, -0.05) is 6.07 Å². The van der Waals surface area contributed by atoms with Crippen LogP contribution in [-0.2, 0) is 17.7 Å². The van der Waals surface area contributed by atoms with Crippen molar-refractivity contribution in [2.45, 2.75) is 39.3 Å². The summed E-state index contributed by atoms with van der Waals surface area (Å²) < 4.78 is 12.2. The Morgan fingerprint density at radius 1 is 1.35 bits per heavy atom. The lowest BCUT2D eigenvalue weighted by molar-refractivity contribution is 0.0525. The van der Waals surface area contributed by atoms with Gasteiger partial charge in [0, 0.05) is 23.9 Å². The van der Waals surface area contributed by atoms with Crippen LogP contribution in [0.1, 0.15) is 26.3 Å². The lowest BCUT2D eigenvalue weighted by atomic mass is 10.0. The van der Waals surface area contributed by atoms with Crippen molar-refractivity contribution in [1.29, 1.82) is 5.26 Å². The Bertz CT molecular complexity index is 800. The molecular weight excluding hydrogens is 332 g/mol. The molecule has 0 aliphatic heterocycles. The average Bonchev–Trinajstić information content (AvgIpc) is 3.02. The van der Waals surface area contributed by atoms with E-state index in [2.05, 4.69) is 16.5 Å². The molecule has 0 unspecified atom stereocenters. The standard InChI is InChI=1S/C19H24N4O3/c1-19(2,3)26-18(24)21-9-10-23-13-16(12-22-23)14-5-6-17(25-4)15(11-14)7-8-20/h5-6,11-13H,7,9-10H2,1-4H3,(H,21,24). The predicted octanol–water partition coefficient (Wildman–Crippen LogP) is 3.15. The molecule has 1 aromatic carbocycles. The quantitative estimate of drug-likeness (QED) is 0.859. The van der Waals surface area contributed by atoms with Crippen molar-refractivity contribution in [2.75, 3.05) is 13.7 Å². The van der Waals surface area contributed by atoms with E-state index in [1.54, 1.807) is 18.0 Å². The molecule has 1 N–H and O–H groups in total. The second-order valence-electron chi connectivity index (χ2n) is 6.78. The first kappa shape index (κ1) is 19.3. The van der Waals surface area contributed by atoms with E-state index in [1.807, 2.05) is 45.2 Å². The molecular formula is C19H24N4O3. The fourth-order valence-corrected chi connectivity index (χ4v) is 2.40. The first-order valence-corrected chi connectivity index (χ1v) is 8.36. The van der Waals surface area contributed by atoms with Crippen molar-refractivity contribution in [1.82, 2.24) is 15.1 Å². The molecule has 0 radical (unpaired) electrons. The number of carbonyl (C=O) groups is 1. The van der Waals surface area contributed by atoms with Crippen molar-refractivity contribution in [3.63, 3.8) is 0 Å². The van der Waals surface area contributed by atoms with Crippen molar-refractivity contribution in [3.8, 4) is 22.9 Å². The molecule has 0 saturated heterocycles. The number of aromatic nitrogens is 2. The minimum atomic E-state index is -0.515. The number of alkyl carbamates (subject to hydrolysis) is 1. The van der Waals surface area contributed by atoms with Crippen LogP contribution >= 0.6 is 0 Å². The number of nitriles is 1. The number of ether oxygens (including phenoxy) is 2. The maximum Gasteiger partial charge on any atom is 0.407 e. The Kier molecular flexibility index (Phi) is 6.23. The second kappa shape index (κ2) is 8.39. The van der Waals surface area contributed by atoms with Gasteiger partial charge in [0.25, 0.3) is 0 Å². The van der Waals surface area contributed by atoms with Crippen LogP contribution in [0, 0.1) is 11.3 Å². The third-order valence-corrected chi connectivity index (χ3v) is 3.53. The van der Waals surface area contributed by atoms with E-state index in [0.717, 1.165) is 16.7 Å². The summed E-state index contributed by atoms with van der Waals surface area (Å²) in [6.45, 7) is 6.41. The van der Waals surface area contributed by atoms with Crippen LogP contribution in [0.25, 0.3) is 11.1 Å². The van der Waals surface area contributed by atoms with E-state index in [0.29, 0.717) is 18.8 Å². The third kappa shape index (κ3) is 5.52. The summed E-state index contributed by atoms with van der Waals surface area (Å²) in [7, 11) is 1.59. The highest BCUT2D eigenvalue weighted by molar-refractivity contribution is 5.67. The molecule has 7 heteroatoms. The van der Waals surface area contributed by atoms with E-state index < -0.39 is 11.7 Å². The number of rotatable bonds is 6. The molecule has 1 aromatic heterocycles. The monoisotopic (exact) mass is 356 g/mol. The first-order chi connectivity index (χ1) is 12.3. The van der Waals surface area contributed by atoms with Gasteiger partial charge in [-0.05, 0) is 38.5 Å². The zero-order valence-electron chi connectivity index (χ0n) is 15.6. The molecule has 0 spiro atoms. The van der Waals surface area contributed by atoms with Crippen molar-refractivity contribution in [2.24, 2.45) is 0 Å². The number of hydrogen-bond acceptors (Lipinski definition) is 5. The van der Waals surface area contributed by atoms with Gasteiger partial charge in [0.2, 0.25) is 0 Å². The fourth-order valence-electron chi connectivity index (χ4n) is 2.40. The summed E-state index contributed by atoms with van der Waals surface area (Å²) in [6, 6.07) is 7.86. The van der Waals surface area contributed by atoms with Crippen LogP contribution in [0.3, 0.4) is 0 Å². The number of methoxy groups -OCH3 is 1. The van der Waals surface area contributed by atoms with E-state index in [1.165, 1.54) is 0 Å². The highest BCUT2D eigenvalue weighted by atomic mass is 16.6. The Morgan fingerprint density at radius 3 is 2.77 bits per heavy atom. The van der Waals surface area contributed by atoms with Crippen molar-refractivity contribution >= 4 is 6.09 Å². The van der Waals surface area contributed by atoms with Gasteiger partial charge in [0.05, 0.1) is 32.3 Å². The molecule has 1 heterocycles. The number of nitrogens with zero attached hydrogens (tertiary/aromatic N) is 3. The van der Waals surface area contributed by atoms with E-state index in [-0.39, 0.29) is 6.42 Å². The molecule has 2 rings (SSSR count). The molecule has 1 amide bonds. The highest BCUT2D eigenvalue weighted by Crippen LogP contribution is 2.26. The largest absolute Gasteiger partial charge is 0.496 e. The highest BCUT2D eigenvalue weighted by Gasteiger charge is 2.15. The summed E-state index contributed by atoms with van der Waals surface area (Å²) >= 11 is 0. The van der Waals surface area contributed by atoms with Crippen LogP contribution in [0.15, 0.2) is 30.6 Å². The van der Waals surface area contributed by atoms with Crippen LogP contribution in [0.2, 0.25) is 0 Å². The SMILES string of the molecule is COc1ccc(-c2cnn(CCNC(=O)OC(C)(C)C)c2)cc1CC#N. The van der Waals surface area contributed by atoms with Crippen LogP contribution in [0.5, 0.6) is 5.75 Å². The molecule has 0 atom stereocenters. The molecule has 138 valence electrons. The Hall–Kier alpha value is -3.01. The number of amides is 1. The van der Waals surface area contributed by atoms with Gasteiger partial charge in [-0.15, -0.1) is 0 Å². The van der Waals surface area contributed by atoms with Gasteiger partial charge in [0.15, 0.2) is 0 Å². The Morgan fingerprint density at radius 2 is 2.12 bits per heavy atom. The fraction of sp³-hybridized carbons (Fsp3) is 0.421. The van der Waals surface area contributed by atoms with E-state index in [9.17, 15) is 4.79 Å². The second-order valence-corrected chi connectivity index (χ2v) is 6.78. The number of nitrogens with one attached hydrogen (secondary N) is 1. The number of benzene rings is 1. The van der Waals surface area contributed by atoms with E-state index in [4.69, 9.17) is 14.7 Å². The summed E-state index contributed by atoms with van der Waals surface area (Å²) in [5.74, 6) is 0.698. The maximum absolute atomic E-state index is 11.6. The predicted molar refractivity (Wildman–Crippen MR) is 97.8 cm³/mol. The van der Waals surface area contributed by atoms with Crippen LogP contribution in [-0.4, -0.2) is 35.1 Å². The molecule has 7 nitrogen and oxygen atoms in total.